The second kappa shape index (κ2) is 8.20. The van der Waals surface area contributed by atoms with Crippen LogP contribution in [0.3, 0.4) is 0 Å². The average Bonchev–Trinajstić information content (AvgIpc) is 2.87. The summed E-state index contributed by atoms with van der Waals surface area (Å²) in [5.41, 5.74) is -0.114. The molecule has 0 unspecified atom stereocenters. The van der Waals surface area contributed by atoms with Crippen LogP contribution in [0.1, 0.15) is 54.3 Å². The Balaban J connectivity index is 1.44. The molecule has 2 aliphatic rings. The maximum absolute atomic E-state index is 12.2. The zero-order valence-electron chi connectivity index (χ0n) is 16.8. The summed E-state index contributed by atoms with van der Waals surface area (Å²) in [6.07, 6.45) is 0.847. The van der Waals surface area contributed by atoms with E-state index in [0.717, 1.165) is 0 Å². The Kier molecular flexibility index (Phi) is 5.88. The molecular formula is C20H25N3O6. The van der Waals surface area contributed by atoms with Gasteiger partial charge in [-0.25, -0.2) is 9.59 Å². The van der Waals surface area contributed by atoms with Crippen LogP contribution in [0.5, 0.6) is 0 Å². The topological polar surface area (TPSA) is 105 Å². The minimum Gasteiger partial charge on any atom is -0.444 e. The van der Waals surface area contributed by atoms with Gasteiger partial charge in [-0.3, -0.25) is 14.5 Å². The SMILES string of the molecule is CC(C)(C)OC(=O)NC1CCN(CC(=O)ON2C(=O)c3ccccc3C2=O)CC1. The molecule has 0 aliphatic carbocycles. The van der Waals surface area contributed by atoms with Crippen LogP contribution in [0.15, 0.2) is 24.3 Å². The number of carbonyl (C=O) groups is 4. The van der Waals surface area contributed by atoms with Gasteiger partial charge in [0.25, 0.3) is 11.8 Å². The Morgan fingerprint density at radius 3 is 2.14 bits per heavy atom. The smallest absolute Gasteiger partial charge is 0.407 e. The number of nitrogens with zero attached hydrogens (tertiary/aromatic N) is 2. The van der Waals surface area contributed by atoms with Crippen LogP contribution in [-0.4, -0.2) is 65.1 Å². The molecule has 1 aromatic rings. The van der Waals surface area contributed by atoms with Crippen molar-refractivity contribution < 1.29 is 28.8 Å². The number of nitrogens with one attached hydrogen (secondary N) is 1. The quantitative estimate of drug-likeness (QED) is 0.763. The molecule has 2 aliphatic heterocycles. The van der Waals surface area contributed by atoms with Crippen LogP contribution in [0.4, 0.5) is 4.79 Å². The van der Waals surface area contributed by atoms with Crippen molar-refractivity contribution >= 4 is 23.9 Å². The molecule has 0 atom stereocenters. The van der Waals surface area contributed by atoms with Crippen LogP contribution in [-0.2, 0) is 14.4 Å². The Morgan fingerprint density at radius 1 is 1.07 bits per heavy atom. The number of hydrogen-bond donors (Lipinski definition) is 1. The van der Waals surface area contributed by atoms with E-state index in [-0.39, 0.29) is 23.7 Å². The van der Waals surface area contributed by atoms with Crippen molar-refractivity contribution in [3.63, 3.8) is 0 Å². The Bertz CT molecular complexity index is 789. The zero-order chi connectivity index (χ0) is 21.2. The molecule has 1 N–H and O–H groups in total. The van der Waals surface area contributed by atoms with E-state index in [2.05, 4.69) is 5.32 Å². The molecule has 0 saturated carbocycles. The first-order valence-corrected chi connectivity index (χ1v) is 9.54. The van der Waals surface area contributed by atoms with E-state index in [1.807, 2.05) is 4.90 Å². The Morgan fingerprint density at radius 2 is 1.62 bits per heavy atom. The molecule has 1 saturated heterocycles. The predicted octanol–water partition coefficient (Wildman–Crippen LogP) is 1.73. The minimum absolute atomic E-state index is 0.0339. The summed E-state index contributed by atoms with van der Waals surface area (Å²) in [4.78, 5) is 55.4. The second-order valence-corrected chi connectivity index (χ2v) is 8.11. The fourth-order valence-electron chi connectivity index (χ4n) is 3.27. The molecule has 9 heteroatoms. The number of ether oxygens (including phenoxy) is 1. The van der Waals surface area contributed by atoms with Crippen molar-refractivity contribution in [3.05, 3.63) is 35.4 Å². The highest BCUT2D eigenvalue weighted by atomic mass is 16.7. The van der Waals surface area contributed by atoms with E-state index >= 15 is 0 Å². The zero-order valence-corrected chi connectivity index (χ0v) is 16.8. The number of hydrogen-bond acceptors (Lipinski definition) is 7. The minimum atomic E-state index is -0.682. The van der Waals surface area contributed by atoms with E-state index in [4.69, 9.17) is 9.57 Å². The third-order valence-corrected chi connectivity index (χ3v) is 4.61. The summed E-state index contributed by atoms with van der Waals surface area (Å²) in [6.45, 7) is 6.49. The first-order valence-electron chi connectivity index (χ1n) is 9.54. The van der Waals surface area contributed by atoms with Gasteiger partial charge in [0.05, 0.1) is 17.7 Å². The lowest BCUT2D eigenvalue weighted by molar-refractivity contribution is -0.170. The van der Waals surface area contributed by atoms with Gasteiger partial charge in [0.2, 0.25) is 0 Å². The summed E-state index contributed by atoms with van der Waals surface area (Å²) < 4.78 is 5.25. The van der Waals surface area contributed by atoms with Crippen molar-refractivity contribution in [2.45, 2.75) is 45.3 Å². The van der Waals surface area contributed by atoms with Crippen molar-refractivity contribution in [1.82, 2.24) is 15.3 Å². The van der Waals surface area contributed by atoms with Gasteiger partial charge in [-0.05, 0) is 45.7 Å². The maximum atomic E-state index is 12.2. The molecule has 0 aromatic heterocycles. The Hall–Kier alpha value is -2.94. The van der Waals surface area contributed by atoms with Gasteiger partial charge >= 0.3 is 12.1 Å². The Labute approximate surface area is 168 Å². The fraction of sp³-hybridized carbons (Fsp3) is 0.500. The van der Waals surface area contributed by atoms with Crippen molar-refractivity contribution in [2.75, 3.05) is 19.6 Å². The third-order valence-electron chi connectivity index (χ3n) is 4.61. The molecule has 1 aromatic carbocycles. The fourth-order valence-corrected chi connectivity index (χ4v) is 3.27. The molecule has 156 valence electrons. The lowest BCUT2D eigenvalue weighted by Crippen LogP contribution is -2.47. The highest BCUT2D eigenvalue weighted by Crippen LogP contribution is 2.23. The molecule has 2 heterocycles. The first-order chi connectivity index (χ1) is 13.6. The molecule has 1 fully saturated rings. The van der Waals surface area contributed by atoms with Crippen LogP contribution in [0, 0.1) is 0 Å². The van der Waals surface area contributed by atoms with E-state index in [1.165, 1.54) is 12.1 Å². The highest BCUT2D eigenvalue weighted by Gasteiger charge is 2.39. The number of hydroxylamine groups is 2. The molecule has 0 bridgehead atoms. The first kappa shape index (κ1) is 20.8. The lowest BCUT2D eigenvalue weighted by atomic mass is 10.1. The molecule has 29 heavy (non-hydrogen) atoms. The second-order valence-electron chi connectivity index (χ2n) is 8.11. The number of benzene rings is 1. The van der Waals surface area contributed by atoms with E-state index < -0.39 is 29.5 Å². The third kappa shape index (κ3) is 5.11. The van der Waals surface area contributed by atoms with E-state index in [9.17, 15) is 19.2 Å². The number of rotatable bonds is 4. The summed E-state index contributed by atoms with van der Waals surface area (Å²) in [6, 6.07) is 6.29. The largest absolute Gasteiger partial charge is 0.444 e. The van der Waals surface area contributed by atoms with Crippen LogP contribution >= 0.6 is 0 Å². The predicted molar refractivity (Wildman–Crippen MR) is 102 cm³/mol. The van der Waals surface area contributed by atoms with E-state index in [0.29, 0.717) is 31.0 Å². The molecular weight excluding hydrogens is 378 g/mol. The van der Waals surface area contributed by atoms with Crippen molar-refractivity contribution in [3.8, 4) is 0 Å². The van der Waals surface area contributed by atoms with Crippen LogP contribution < -0.4 is 5.32 Å². The summed E-state index contributed by atoms with van der Waals surface area (Å²) >= 11 is 0. The number of piperidine rings is 1. The van der Waals surface area contributed by atoms with Crippen molar-refractivity contribution in [2.24, 2.45) is 0 Å². The highest BCUT2D eigenvalue weighted by molar-refractivity contribution is 6.20. The molecule has 3 rings (SSSR count). The van der Waals surface area contributed by atoms with Crippen molar-refractivity contribution in [1.29, 1.82) is 0 Å². The van der Waals surface area contributed by atoms with Crippen LogP contribution in [0.2, 0.25) is 0 Å². The van der Waals surface area contributed by atoms with E-state index in [1.54, 1.807) is 32.9 Å². The van der Waals surface area contributed by atoms with Gasteiger partial charge in [-0.2, -0.15) is 0 Å². The molecule has 0 radical (unpaired) electrons. The van der Waals surface area contributed by atoms with Gasteiger partial charge < -0.3 is 14.9 Å². The van der Waals surface area contributed by atoms with Gasteiger partial charge in [0.1, 0.15) is 5.60 Å². The monoisotopic (exact) mass is 403 g/mol. The van der Waals surface area contributed by atoms with Crippen LogP contribution in [0.25, 0.3) is 0 Å². The number of imide groups is 1. The average molecular weight is 403 g/mol. The number of likely N-dealkylation sites (tertiary alicyclic amines) is 1. The molecule has 9 nitrogen and oxygen atoms in total. The lowest BCUT2D eigenvalue weighted by Gasteiger charge is -2.32. The number of alkyl carbamates (subject to hydrolysis) is 1. The molecule has 3 amide bonds. The van der Waals surface area contributed by atoms with Gasteiger partial charge in [0, 0.05) is 19.1 Å². The number of fused-ring (bicyclic) bond motifs is 1. The maximum Gasteiger partial charge on any atom is 0.407 e. The van der Waals surface area contributed by atoms with Gasteiger partial charge in [0.15, 0.2) is 0 Å². The molecule has 0 spiro atoms. The summed E-state index contributed by atoms with van der Waals surface area (Å²) in [7, 11) is 0. The normalized spacial score (nSPS) is 17.8. The summed E-state index contributed by atoms with van der Waals surface area (Å²) in [5, 5.41) is 3.35. The standard InChI is InChI=1S/C20H25N3O6/c1-20(2,3)28-19(27)21-13-8-10-22(11-9-13)12-16(24)29-23-17(25)14-6-4-5-7-15(14)18(23)26/h4-7,13H,8-12H2,1-3H3,(H,21,27). The van der Waals surface area contributed by atoms with Gasteiger partial charge in [-0.1, -0.05) is 17.2 Å². The number of amides is 3. The number of carbonyl (C=O) groups excluding carboxylic acids is 4. The van der Waals surface area contributed by atoms with Gasteiger partial charge in [-0.15, -0.1) is 0 Å². The summed E-state index contributed by atoms with van der Waals surface area (Å²) in [5.74, 6) is -1.96.